The van der Waals surface area contributed by atoms with E-state index in [1.165, 1.54) is 24.3 Å². The minimum atomic E-state index is -0.335. The second kappa shape index (κ2) is 6.82. The number of halogens is 3. The number of nitrogens with one attached hydrogen (secondary N) is 1. The van der Waals surface area contributed by atoms with Crippen LogP contribution in [0.4, 0.5) is 8.78 Å². The molecule has 1 unspecified atom stereocenters. The van der Waals surface area contributed by atoms with Crippen LogP contribution in [0.15, 0.2) is 42.5 Å². The van der Waals surface area contributed by atoms with Crippen molar-refractivity contribution in [1.82, 2.24) is 5.32 Å². The molecule has 0 aliphatic rings. The van der Waals surface area contributed by atoms with E-state index in [0.29, 0.717) is 11.4 Å². The van der Waals surface area contributed by atoms with Gasteiger partial charge in [-0.05, 0) is 55.3 Å². The van der Waals surface area contributed by atoms with Crippen LogP contribution in [-0.2, 0) is 12.8 Å². The van der Waals surface area contributed by atoms with Crippen molar-refractivity contribution in [2.45, 2.75) is 18.9 Å². The third kappa shape index (κ3) is 4.02. The molecule has 0 aliphatic carbocycles. The van der Waals surface area contributed by atoms with E-state index >= 15 is 0 Å². The zero-order chi connectivity index (χ0) is 14.5. The van der Waals surface area contributed by atoms with Gasteiger partial charge < -0.3 is 5.32 Å². The average molecular weight is 296 g/mol. The maximum atomic E-state index is 13.0. The highest BCUT2D eigenvalue weighted by atomic mass is 35.5. The summed E-state index contributed by atoms with van der Waals surface area (Å²) in [6.45, 7) is 0. The van der Waals surface area contributed by atoms with E-state index in [1.54, 1.807) is 18.2 Å². The van der Waals surface area contributed by atoms with Crippen molar-refractivity contribution in [3.05, 3.63) is 70.2 Å². The van der Waals surface area contributed by atoms with Crippen molar-refractivity contribution in [2.24, 2.45) is 0 Å². The molecular weight excluding hydrogens is 280 g/mol. The van der Waals surface area contributed by atoms with E-state index in [9.17, 15) is 8.78 Å². The van der Waals surface area contributed by atoms with Gasteiger partial charge in [0.15, 0.2) is 0 Å². The smallest absolute Gasteiger partial charge is 0.124 e. The Hall–Kier alpha value is -1.45. The van der Waals surface area contributed by atoms with Crippen molar-refractivity contribution in [2.75, 3.05) is 7.05 Å². The van der Waals surface area contributed by atoms with Crippen LogP contribution in [0.2, 0.25) is 5.02 Å². The van der Waals surface area contributed by atoms with Gasteiger partial charge in [-0.1, -0.05) is 29.8 Å². The summed E-state index contributed by atoms with van der Waals surface area (Å²) in [5.74, 6) is -0.574. The molecule has 0 saturated heterocycles. The second-order valence-corrected chi connectivity index (χ2v) is 5.16. The fourth-order valence-corrected chi connectivity index (χ4v) is 2.38. The highest BCUT2D eigenvalue weighted by molar-refractivity contribution is 6.31. The van der Waals surface area contributed by atoms with Gasteiger partial charge in [0.25, 0.3) is 0 Å². The zero-order valence-corrected chi connectivity index (χ0v) is 11.9. The molecule has 0 bridgehead atoms. The summed E-state index contributed by atoms with van der Waals surface area (Å²) in [5.41, 5.74) is 1.94. The van der Waals surface area contributed by atoms with E-state index in [0.717, 1.165) is 17.5 Å². The fourth-order valence-electron chi connectivity index (χ4n) is 2.13. The minimum absolute atomic E-state index is 0.156. The molecule has 4 heteroatoms. The Morgan fingerprint density at radius 2 is 1.65 bits per heavy atom. The molecule has 1 N–H and O–H groups in total. The summed E-state index contributed by atoms with van der Waals surface area (Å²) in [4.78, 5) is 0. The lowest BCUT2D eigenvalue weighted by atomic mass is 9.99. The Morgan fingerprint density at radius 1 is 1.00 bits per heavy atom. The summed E-state index contributed by atoms with van der Waals surface area (Å²) >= 11 is 6.04. The summed E-state index contributed by atoms with van der Waals surface area (Å²) < 4.78 is 25.9. The van der Waals surface area contributed by atoms with Crippen molar-refractivity contribution in [3.63, 3.8) is 0 Å². The van der Waals surface area contributed by atoms with Gasteiger partial charge in [-0.15, -0.1) is 0 Å². The first-order chi connectivity index (χ1) is 9.58. The van der Waals surface area contributed by atoms with Crippen molar-refractivity contribution >= 4 is 11.6 Å². The number of likely N-dealkylation sites (N-methyl/N-ethyl adjacent to an activating group) is 1. The van der Waals surface area contributed by atoms with Crippen LogP contribution >= 0.6 is 11.6 Å². The lowest BCUT2D eigenvalue weighted by molar-refractivity contribution is 0.554. The monoisotopic (exact) mass is 295 g/mol. The Labute approximate surface area is 122 Å². The normalized spacial score (nSPS) is 12.4. The minimum Gasteiger partial charge on any atom is -0.316 e. The number of rotatable bonds is 5. The molecule has 2 rings (SSSR count). The molecule has 0 heterocycles. The van der Waals surface area contributed by atoms with Gasteiger partial charge >= 0.3 is 0 Å². The number of hydrogen-bond acceptors (Lipinski definition) is 1. The average Bonchev–Trinajstić information content (AvgIpc) is 2.43. The number of benzene rings is 2. The van der Waals surface area contributed by atoms with Crippen molar-refractivity contribution < 1.29 is 8.78 Å². The molecule has 0 spiro atoms. The van der Waals surface area contributed by atoms with E-state index in [2.05, 4.69) is 5.32 Å². The maximum absolute atomic E-state index is 13.0. The summed E-state index contributed by atoms with van der Waals surface area (Å²) in [6, 6.07) is 11.0. The van der Waals surface area contributed by atoms with Crippen LogP contribution in [0.5, 0.6) is 0 Å². The van der Waals surface area contributed by atoms with Gasteiger partial charge in [0.2, 0.25) is 0 Å². The standard InChI is InChI=1S/C16H16ClF2N/c1-20-15(8-11-2-5-13(18)6-3-11)9-12-4-7-14(19)10-16(12)17/h2-7,10,15,20H,8-9H2,1H3. The Bertz CT molecular complexity index is 569. The summed E-state index contributed by atoms with van der Waals surface area (Å²) in [7, 11) is 1.87. The van der Waals surface area contributed by atoms with Crippen LogP contribution in [0.1, 0.15) is 11.1 Å². The number of hydrogen-bond donors (Lipinski definition) is 1. The van der Waals surface area contributed by atoms with Crippen LogP contribution < -0.4 is 5.32 Å². The van der Waals surface area contributed by atoms with Crippen LogP contribution in [0.3, 0.4) is 0 Å². The lowest BCUT2D eigenvalue weighted by Gasteiger charge is -2.17. The maximum Gasteiger partial charge on any atom is 0.124 e. The lowest BCUT2D eigenvalue weighted by Crippen LogP contribution is -2.30. The van der Waals surface area contributed by atoms with Crippen LogP contribution in [-0.4, -0.2) is 13.1 Å². The van der Waals surface area contributed by atoms with Crippen molar-refractivity contribution in [3.8, 4) is 0 Å². The quantitative estimate of drug-likeness (QED) is 0.879. The van der Waals surface area contributed by atoms with E-state index < -0.39 is 0 Å². The first-order valence-corrected chi connectivity index (χ1v) is 6.82. The summed E-state index contributed by atoms with van der Waals surface area (Å²) in [5, 5.41) is 3.64. The molecule has 2 aromatic rings. The molecule has 1 nitrogen and oxygen atoms in total. The van der Waals surface area contributed by atoms with E-state index in [-0.39, 0.29) is 17.7 Å². The predicted molar refractivity (Wildman–Crippen MR) is 78.1 cm³/mol. The van der Waals surface area contributed by atoms with Gasteiger partial charge in [-0.2, -0.15) is 0 Å². The first-order valence-electron chi connectivity index (χ1n) is 6.44. The second-order valence-electron chi connectivity index (χ2n) is 4.76. The van der Waals surface area contributed by atoms with Gasteiger partial charge in [-0.3, -0.25) is 0 Å². The van der Waals surface area contributed by atoms with E-state index in [4.69, 9.17) is 11.6 Å². The zero-order valence-electron chi connectivity index (χ0n) is 11.2. The van der Waals surface area contributed by atoms with Crippen molar-refractivity contribution in [1.29, 1.82) is 0 Å². The van der Waals surface area contributed by atoms with Gasteiger partial charge in [0, 0.05) is 11.1 Å². The third-order valence-corrected chi connectivity index (χ3v) is 3.64. The Balaban J connectivity index is 2.07. The molecule has 0 aliphatic heterocycles. The molecule has 0 aromatic heterocycles. The summed E-state index contributed by atoms with van der Waals surface area (Å²) in [6.07, 6.45) is 1.44. The largest absolute Gasteiger partial charge is 0.316 e. The van der Waals surface area contributed by atoms with Gasteiger partial charge in [0.05, 0.1) is 0 Å². The molecule has 2 aromatic carbocycles. The third-order valence-electron chi connectivity index (χ3n) is 3.29. The molecule has 20 heavy (non-hydrogen) atoms. The fraction of sp³-hybridized carbons (Fsp3) is 0.250. The molecule has 106 valence electrons. The van der Waals surface area contributed by atoms with Gasteiger partial charge in [0.1, 0.15) is 11.6 Å². The topological polar surface area (TPSA) is 12.0 Å². The first kappa shape index (κ1) is 14.9. The molecular formula is C16H16ClF2N. The predicted octanol–water partition coefficient (Wildman–Crippen LogP) is 3.99. The highest BCUT2D eigenvalue weighted by Gasteiger charge is 2.11. The molecule has 0 amide bonds. The Kier molecular flexibility index (Phi) is 5.10. The van der Waals surface area contributed by atoms with Gasteiger partial charge in [-0.25, -0.2) is 8.78 Å². The van der Waals surface area contributed by atoms with E-state index in [1.807, 2.05) is 7.05 Å². The highest BCUT2D eigenvalue weighted by Crippen LogP contribution is 2.20. The molecule has 0 radical (unpaired) electrons. The molecule has 0 fully saturated rings. The molecule has 1 atom stereocenters. The van der Waals surface area contributed by atoms with Crippen LogP contribution in [0.25, 0.3) is 0 Å². The molecule has 0 saturated carbocycles. The van der Waals surface area contributed by atoms with Crippen LogP contribution in [0, 0.1) is 11.6 Å². The Morgan fingerprint density at radius 3 is 2.25 bits per heavy atom. The SMILES string of the molecule is CNC(Cc1ccc(F)cc1)Cc1ccc(F)cc1Cl.